The zero-order valence-electron chi connectivity index (χ0n) is 21.9. The third kappa shape index (κ3) is 13.9. The van der Waals surface area contributed by atoms with Crippen LogP contribution in [0.15, 0.2) is 0 Å². The molecule has 3 unspecified atom stereocenters. The summed E-state index contributed by atoms with van der Waals surface area (Å²) in [5, 5.41) is 16.7. The number of likely N-dealkylation sites (N-methyl/N-ethyl adjacent to an activating group) is 1. The van der Waals surface area contributed by atoms with Crippen molar-refractivity contribution in [2.24, 2.45) is 5.41 Å². The highest BCUT2D eigenvalue weighted by Gasteiger charge is 2.26. The molecule has 2 aliphatic heterocycles. The van der Waals surface area contributed by atoms with Crippen molar-refractivity contribution in [1.82, 2.24) is 20.9 Å². The fourth-order valence-corrected chi connectivity index (χ4v) is 3.30. The number of piperidine rings is 1. The Morgan fingerprint density at radius 1 is 1.26 bits per heavy atom. The Morgan fingerprint density at radius 3 is 2.35 bits per heavy atom. The van der Waals surface area contributed by atoms with E-state index in [0.29, 0.717) is 0 Å². The van der Waals surface area contributed by atoms with Gasteiger partial charge in [-0.2, -0.15) is 5.26 Å². The summed E-state index contributed by atoms with van der Waals surface area (Å²) in [4.78, 5) is 46.1. The van der Waals surface area contributed by atoms with E-state index in [4.69, 9.17) is 5.26 Å². The van der Waals surface area contributed by atoms with Crippen LogP contribution in [0.5, 0.6) is 0 Å². The molecule has 0 aliphatic carbocycles. The molecule has 34 heavy (non-hydrogen) atoms. The Bertz CT molecular complexity index is 676. The number of nitrogens with zero attached hydrogens (tertiary/aromatic N) is 2. The summed E-state index contributed by atoms with van der Waals surface area (Å²) in [6.45, 7) is 11.1. The highest BCUT2D eigenvalue weighted by molar-refractivity contribution is 5.84. The normalized spacial score (nSPS) is 19.6. The lowest BCUT2D eigenvalue weighted by molar-refractivity contribution is -0.130. The highest BCUT2D eigenvalue weighted by Crippen LogP contribution is 2.15. The standard InChI is InChI=1S/C11H21NO2.C10H17N3O.C4H7NO/c1-5-6-7-9(8-13)12-10(14)11(2,3)4;1-8(7-11)12-10(14)9-5-3-4-6-13(9)2;6-4-2-1-3-5-4/h8-9H,5-7H2,1-4H3,(H,12,14);8-9H,3-6H2,1-2H3,(H,12,14);1-3H2,(H,5,6). The Balaban J connectivity index is 0.000000516. The summed E-state index contributed by atoms with van der Waals surface area (Å²) in [6, 6.07) is 1.25. The summed E-state index contributed by atoms with van der Waals surface area (Å²) in [7, 11) is 1.96. The highest BCUT2D eigenvalue weighted by atomic mass is 16.2. The average molecular weight is 480 g/mol. The summed E-state index contributed by atoms with van der Waals surface area (Å²) in [5.74, 6) is 0.127. The lowest BCUT2D eigenvalue weighted by atomic mass is 9.95. The first-order valence-electron chi connectivity index (χ1n) is 12.4. The van der Waals surface area contributed by atoms with Crippen LogP contribution in [0.1, 0.15) is 86.0 Å². The monoisotopic (exact) mass is 479 g/mol. The largest absolute Gasteiger partial charge is 0.356 e. The third-order valence-corrected chi connectivity index (χ3v) is 5.56. The first-order valence-corrected chi connectivity index (χ1v) is 12.4. The van der Waals surface area contributed by atoms with Crippen molar-refractivity contribution in [2.45, 2.75) is 104 Å². The number of nitrogens with one attached hydrogen (secondary N) is 3. The Labute approximate surface area is 205 Å². The molecule has 3 atom stereocenters. The van der Waals surface area contributed by atoms with Crippen molar-refractivity contribution >= 4 is 24.0 Å². The van der Waals surface area contributed by atoms with E-state index < -0.39 is 11.5 Å². The van der Waals surface area contributed by atoms with Gasteiger partial charge >= 0.3 is 0 Å². The fraction of sp³-hybridized carbons (Fsp3) is 0.800. The summed E-state index contributed by atoms with van der Waals surface area (Å²) < 4.78 is 0. The number of nitriles is 1. The van der Waals surface area contributed by atoms with Gasteiger partial charge in [0.2, 0.25) is 17.7 Å². The minimum atomic E-state index is -0.423. The summed E-state index contributed by atoms with van der Waals surface area (Å²) >= 11 is 0. The summed E-state index contributed by atoms with van der Waals surface area (Å²) in [6.07, 6.45) is 8.49. The van der Waals surface area contributed by atoms with E-state index in [9.17, 15) is 19.2 Å². The molecule has 9 nitrogen and oxygen atoms in total. The number of likely N-dealkylation sites (tertiary alicyclic amines) is 1. The zero-order chi connectivity index (χ0) is 26.1. The van der Waals surface area contributed by atoms with Crippen molar-refractivity contribution in [1.29, 1.82) is 5.26 Å². The van der Waals surface area contributed by atoms with Gasteiger partial charge in [0.15, 0.2) is 0 Å². The molecule has 3 amide bonds. The lowest BCUT2D eigenvalue weighted by Crippen LogP contribution is -2.49. The Kier molecular flexibility index (Phi) is 15.8. The minimum absolute atomic E-state index is 0.0127. The van der Waals surface area contributed by atoms with Gasteiger partial charge in [0, 0.05) is 18.4 Å². The zero-order valence-corrected chi connectivity index (χ0v) is 21.9. The molecule has 0 spiro atoms. The number of hydrogen-bond donors (Lipinski definition) is 3. The molecule has 2 fully saturated rings. The van der Waals surface area contributed by atoms with Crippen LogP contribution in [0.4, 0.5) is 0 Å². The number of rotatable bonds is 7. The second-order valence-electron chi connectivity index (χ2n) is 9.91. The number of hydrogen-bond acceptors (Lipinski definition) is 6. The predicted octanol–water partition coefficient (Wildman–Crippen LogP) is 2.30. The van der Waals surface area contributed by atoms with E-state index in [2.05, 4.69) is 27.8 Å². The number of amides is 3. The van der Waals surface area contributed by atoms with Crippen LogP contribution in [0.25, 0.3) is 0 Å². The number of carbonyl (C=O) groups excluding carboxylic acids is 4. The molecule has 2 heterocycles. The third-order valence-electron chi connectivity index (χ3n) is 5.56. The Morgan fingerprint density at radius 2 is 1.94 bits per heavy atom. The van der Waals surface area contributed by atoms with E-state index >= 15 is 0 Å². The topological polar surface area (TPSA) is 131 Å². The van der Waals surface area contributed by atoms with E-state index in [-0.39, 0.29) is 29.8 Å². The maximum absolute atomic E-state index is 11.7. The maximum atomic E-state index is 11.7. The van der Waals surface area contributed by atoms with Gasteiger partial charge in [0.05, 0.1) is 18.2 Å². The number of carbonyl (C=O) groups is 4. The molecule has 0 radical (unpaired) electrons. The van der Waals surface area contributed by atoms with Crippen LogP contribution in [0.3, 0.4) is 0 Å². The smallest absolute Gasteiger partial charge is 0.238 e. The average Bonchev–Trinajstić information content (AvgIpc) is 3.27. The van der Waals surface area contributed by atoms with E-state index in [1.165, 1.54) is 0 Å². The SMILES string of the molecule is CC(C#N)NC(=O)C1CCCCN1C.CCCCC(C=O)NC(=O)C(C)(C)C.O=C1CCCN1. The van der Waals surface area contributed by atoms with Crippen molar-refractivity contribution in [3.63, 3.8) is 0 Å². The fourth-order valence-electron chi connectivity index (χ4n) is 3.30. The van der Waals surface area contributed by atoms with Crippen molar-refractivity contribution < 1.29 is 19.2 Å². The molecular weight excluding hydrogens is 434 g/mol. The predicted molar refractivity (Wildman–Crippen MR) is 133 cm³/mol. The van der Waals surface area contributed by atoms with E-state index in [1.54, 1.807) is 6.92 Å². The van der Waals surface area contributed by atoms with Crippen LogP contribution in [-0.2, 0) is 19.2 Å². The van der Waals surface area contributed by atoms with Crippen LogP contribution < -0.4 is 16.0 Å². The molecule has 0 aromatic heterocycles. The Hall–Kier alpha value is -2.47. The van der Waals surface area contributed by atoms with Crippen LogP contribution in [0, 0.1) is 16.7 Å². The van der Waals surface area contributed by atoms with Gasteiger partial charge in [-0.1, -0.05) is 47.0 Å². The lowest BCUT2D eigenvalue weighted by Gasteiger charge is -2.31. The second kappa shape index (κ2) is 17.0. The molecular formula is C25H45N5O4. The molecule has 3 N–H and O–H groups in total. The van der Waals surface area contributed by atoms with Gasteiger partial charge in [0.1, 0.15) is 12.3 Å². The van der Waals surface area contributed by atoms with Gasteiger partial charge in [-0.3, -0.25) is 19.3 Å². The quantitative estimate of drug-likeness (QED) is 0.480. The minimum Gasteiger partial charge on any atom is -0.356 e. The molecule has 9 heteroatoms. The van der Waals surface area contributed by atoms with Crippen LogP contribution in [-0.4, -0.2) is 67.2 Å². The van der Waals surface area contributed by atoms with E-state index in [0.717, 1.165) is 70.7 Å². The van der Waals surface area contributed by atoms with E-state index in [1.807, 2.05) is 33.9 Å². The second-order valence-corrected chi connectivity index (χ2v) is 9.91. The van der Waals surface area contributed by atoms with Gasteiger partial charge in [-0.25, -0.2) is 0 Å². The van der Waals surface area contributed by atoms with Gasteiger partial charge < -0.3 is 20.7 Å². The van der Waals surface area contributed by atoms with Gasteiger partial charge in [0.25, 0.3) is 0 Å². The molecule has 0 bridgehead atoms. The van der Waals surface area contributed by atoms with Crippen molar-refractivity contribution in [3.8, 4) is 6.07 Å². The molecule has 0 aromatic rings. The molecule has 2 saturated heterocycles. The summed E-state index contributed by atoms with van der Waals surface area (Å²) in [5.41, 5.74) is -0.423. The first-order chi connectivity index (χ1) is 16.0. The number of unbranched alkanes of at least 4 members (excludes halogenated alkanes) is 1. The van der Waals surface area contributed by atoms with Gasteiger partial charge in [-0.15, -0.1) is 0 Å². The molecule has 2 aliphatic rings. The molecule has 0 saturated carbocycles. The van der Waals surface area contributed by atoms with Crippen molar-refractivity contribution in [2.75, 3.05) is 20.1 Å². The van der Waals surface area contributed by atoms with Crippen molar-refractivity contribution in [3.05, 3.63) is 0 Å². The van der Waals surface area contributed by atoms with Crippen LogP contribution >= 0.6 is 0 Å². The first kappa shape index (κ1) is 31.5. The van der Waals surface area contributed by atoms with Crippen LogP contribution in [0.2, 0.25) is 0 Å². The molecule has 194 valence electrons. The van der Waals surface area contributed by atoms with Gasteiger partial charge in [-0.05, 0) is 46.2 Å². The maximum Gasteiger partial charge on any atom is 0.238 e. The molecule has 2 rings (SSSR count). The number of aldehydes is 1. The molecule has 0 aromatic carbocycles.